The summed E-state index contributed by atoms with van der Waals surface area (Å²) < 4.78 is 22.4. The zero-order valence-electron chi connectivity index (χ0n) is 69.7. The van der Waals surface area contributed by atoms with Crippen molar-refractivity contribution in [2.24, 2.45) is 32.6 Å². The number of halogens is 3. The molecule has 32 heteroatoms. The fourth-order valence-corrected chi connectivity index (χ4v) is 16.7. The topological polar surface area (TPSA) is 330 Å². The lowest BCUT2D eigenvalue weighted by Gasteiger charge is -2.40. The summed E-state index contributed by atoms with van der Waals surface area (Å²) in [4.78, 5) is 115. The van der Waals surface area contributed by atoms with Crippen LogP contribution < -0.4 is 27.4 Å². The van der Waals surface area contributed by atoms with E-state index in [1.165, 1.54) is 6.92 Å². The van der Waals surface area contributed by atoms with Gasteiger partial charge in [0.05, 0.1) is 108 Å². The Morgan fingerprint density at radius 3 is 0.908 bits per heavy atom. The quantitative estimate of drug-likeness (QED) is 0.0709. The number of pyridine rings is 3. The predicted molar refractivity (Wildman–Crippen MR) is 461 cm³/mol. The molecule has 9 aromatic rings. The SMILES string of the molecule is CC(=O)NC(C1=Cc2cccnc2[C@@H](N2CCN(C(=O)OC(C)(C)C)CC2)c2ccc(Cl)cc21)c1cncn1C.Cn1cncc1C(NC(N)=O)C1=Cc2cccnc2[C@@H](N2CCN(C(=O)OC(C)(C)C)CC2)c2ccc(Cl)cc21.Cn1cncc1C(NC(N)=O)C1=Cc2cccnc2[C@@H](N2CCN(C(=O)OC(C)(C)C)CC2)c2ccc(Cl)cc21. The van der Waals surface area contributed by atoms with E-state index in [1.54, 1.807) is 64.7 Å². The summed E-state index contributed by atoms with van der Waals surface area (Å²) in [6.07, 6.45) is 21.0. The lowest BCUT2D eigenvalue weighted by Crippen LogP contribution is -2.51. The molecule has 29 nitrogen and oxygen atoms in total. The Hall–Kier alpha value is -11.5. The van der Waals surface area contributed by atoms with Gasteiger partial charge in [-0.3, -0.25) is 34.4 Å². The number of aromatic nitrogens is 9. The van der Waals surface area contributed by atoms with Crippen molar-refractivity contribution in [3.05, 3.63) is 246 Å². The number of fused-ring (bicyclic) bond motifs is 6. The number of benzene rings is 3. The van der Waals surface area contributed by atoms with E-state index in [-0.39, 0.29) is 42.3 Å². The molecule has 0 bridgehead atoms. The highest BCUT2D eigenvalue weighted by molar-refractivity contribution is 6.31. The predicted octanol–water partition coefficient (Wildman–Crippen LogP) is 13.6. The van der Waals surface area contributed by atoms with Crippen LogP contribution in [0, 0.1) is 0 Å². The zero-order valence-corrected chi connectivity index (χ0v) is 72.0. The van der Waals surface area contributed by atoms with Crippen molar-refractivity contribution < 1.29 is 43.0 Å². The second kappa shape index (κ2) is 36.2. The number of hydrogen-bond donors (Lipinski definition) is 5. The first-order valence-corrected chi connectivity index (χ1v) is 41.0. The Bertz CT molecular complexity index is 4880. The van der Waals surface area contributed by atoms with E-state index in [1.807, 2.05) is 207 Å². The number of imidazole rings is 3. The number of aryl methyl sites for hydroxylation is 3. The number of piperazine rings is 3. The molecule has 630 valence electrons. The Labute approximate surface area is 713 Å². The lowest BCUT2D eigenvalue weighted by molar-refractivity contribution is -0.119. The molecule has 120 heavy (non-hydrogen) atoms. The Balaban J connectivity index is 0.000000156. The highest BCUT2D eigenvalue weighted by atomic mass is 35.5. The van der Waals surface area contributed by atoms with Gasteiger partial charge in [0, 0.05) is 140 Å². The summed E-state index contributed by atoms with van der Waals surface area (Å²) in [5.74, 6) is -0.152. The van der Waals surface area contributed by atoms with Gasteiger partial charge < -0.3 is 70.0 Å². The molecule has 15 rings (SSSR count). The third-order valence-corrected chi connectivity index (χ3v) is 22.2. The van der Waals surface area contributed by atoms with Gasteiger partial charge in [0.15, 0.2) is 0 Å². The number of primary amides is 2. The van der Waals surface area contributed by atoms with Gasteiger partial charge in [-0.15, -0.1) is 0 Å². The first-order valence-electron chi connectivity index (χ1n) is 39.9. The minimum absolute atomic E-state index is 0.152. The number of urea groups is 2. The molecule has 3 fully saturated rings. The maximum absolute atomic E-state index is 12.7. The van der Waals surface area contributed by atoms with Crippen LogP contribution >= 0.6 is 34.8 Å². The summed E-state index contributed by atoms with van der Waals surface area (Å²) in [6.45, 7) is 25.3. The maximum atomic E-state index is 12.7. The van der Waals surface area contributed by atoms with Gasteiger partial charge in [-0.05, 0) is 202 Å². The largest absolute Gasteiger partial charge is 0.444 e. The minimum atomic E-state index is -0.652. The van der Waals surface area contributed by atoms with Crippen molar-refractivity contribution >= 4 is 106 Å². The van der Waals surface area contributed by atoms with Crippen LogP contribution in [0.25, 0.3) is 34.9 Å². The average molecular weight is 1690 g/mol. The van der Waals surface area contributed by atoms with Gasteiger partial charge in [0.25, 0.3) is 0 Å². The van der Waals surface area contributed by atoms with E-state index >= 15 is 0 Å². The molecule has 3 aliphatic carbocycles. The molecule has 6 aromatic heterocycles. The van der Waals surface area contributed by atoms with Crippen LogP contribution in [0.4, 0.5) is 24.0 Å². The van der Waals surface area contributed by atoms with Gasteiger partial charge >= 0.3 is 30.3 Å². The van der Waals surface area contributed by atoms with Gasteiger partial charge in [-0.25, -0.2) is 38.9 Å². The van der Waals surface area contributed by atoms with E-state index in [9.17, 15) is 28.8 Å². The van der Waals surface area contributed by atoms with Crippen LogP contribution in [0.2, 0.25) is 15.1 Å². The maximum Gasteiger partial charge on any atom is 0.410 e. The molecule has 0 spiro atoms. The van der Waals surface area contributed by atoms with E-state index in [4.69, 9.17) is 75.4 Å². The summed E-state index contributed by atoms with van der Waals surface area (Å²) in [6, 6.07) is 25.8. The smallest absolute Gasteiger partial charge is 0.410 e. The van der Waals surface area contributed by atoms with Gasteiger partial charge in [-0.1, -0.05) is 71.2 Å². The van der Waals surface area contributed by atoms with Crippen molar-refractivity contribution in [1.29, 1.82) is 0 Å². The number of hydrogen-bond acceptors (Lipinski definition) is 18. The van der Waals surface area contributed by atoms with Crippen LogP contribution in [0.15, 0.2) is 147 Å². The third kappa shape index (κ3) is 20.0. The normalized spacial score (nSPS) is 18.2. The number of nitrogens with two attached hydrogens (primary N) is 2. The number of carbonyl (C=O) groups excluding carboxylic acids is 6. The third-order valence-electron chi connectivity index (χ3n) is 21.5. The Morgan fingerprint density at radius 2 is 0.675 bits per heavy atom. The highest BCUT2D eigenvalue weighted by Gasteiger charge is 2.42. The highest BCUT2D eigenvalue weighted by Crippen LogP contribution is 2.49. The van der Waals surface area contributed by atoms with Gasteiger partial charge in [-0.2, -0.15) is 0 Å². The monoisotopic (exact) mass is 1690 g/mol. The molecule has 3 saturated heterocycles. The van der Waals surface area contributed by atoms with Crippen LogP contribution in [-0.4, -0.2) is 205 Å². The van der Waals surface area contributed by atoms with Gasteiger partial charge in [0.1, 0.15) is 16.8 Å². The van der Waals surface area contributed by atoms with Crippen molar-refractivity contribution in [2.75, 3.05) is 78.5 Å². The van der Waals surface area contributed by atoms with Crippen molar-refractivity contribution in [3.8, 4) is 0 Å². The number of ether oxygens (including phenoxy) is 3. The van der Waals surface area contributed by atoms with Crippen molar-refractivity contribution in [3.63, 3.8) is 0 Å². The van der Waals surface area contributed by atoms with Crippen molar-refractivity contribution in [2.45, 2.75) is 122 Å². The van der Waals surface area contributed by atoms with E-state index < -0.39 is 47.0 Å². The molecule has 8 amide bonds. The first-order chi connectivity index (χ1) is 57.0. The second-order valence-corrected chi connectivity index (χ2v) is 34.8. The minimum Gasteiger partial charge on any atom is -0.444 e. The van der Waals surface area contributed by atoms with Crippen LogP contribution in [0.1, 0.15) is 190 Å². The van der Waals surface area contributed by atoms with Gasteiger partial charge in [0.2, 0.25) is 5.91 Å². The molecule has 3 aliphatic heterocycles. The van der Waals surface area contributed by atoms with Crippen LogP contribution in [-0.2, 0) is 40.1 Å². The molecule has 9 heterocycles. The number of nitrogens with one attached hydrogen (secondary N) is 3. The first kappa shape index (κ1) is 86.4. The van der Waals surface area contributed by atoms with Crippen LogP contribution in [0.3, 0.4) is 0 Å². The van der Waals surface area contributed by atoms with E-state index in [0.717, 1.165) is 101 Å². The lowest BCUT2D eigenvalue weighted by atomic mass is 9.89. The molecular formula is C88H103Cl3N20O9. The molecule has 0 saturated carbocycles. The Kier molecular flexibility index (Phi) is 26.1. The fourth-order valence-electron chi connectivity index (χ4n) is 16.2. The van der Waals surface area contributed by atoms with Crippen LogP contribution in [0.5, 0.6) is 0 Å². The number of nitrogens with zero attached hydrogens (tertiary/aromatic N) is 15. The molecule has 7 N–H and O–H groups in total. The number of carbonyl (C=O) groups is 6. The molecule has 3 aromatic carbocycles. The summed E-state index contributed by atoms with van der Waals surface area (Å²) in [5.41, 5.74) is 25.8. The summed E-state index contributed by atoms with van der Waals surface area (Å²) in [7, 11) is 5.66. The Morgan fingerprint density at radius 1 is 0.408 bits per heavy atom. The molecule has 6 aliphatic rings. The second-order valence-electron chi connectivity index (χ2n) is 33.5. The van der Waals surface area contributed by atoms with E-state index in [2.05, 4.69) is 51.7 Å². The molecule has 3 unspecified atom stereocenters. The zero-order chi connectivity index (χ0) is 85.8. The summed E-state index contributed by atoms with van der Waals surface area (Å²) in [5, 5.41) is 10.7. The molecule has 6 atom stereocenters. The average Bonchev–Trinajstić information content (AvgIpc) is 1.57. The standard InChI is InChI=1S/C30H35ClN6O3.2C29H34ClN7O3/c1-19(38)34-27(25-17-32-18-35(25)5)24-15-20-7-6-10-33-26(20)28(22-9-8-21(31)16-23(22)24)36-11-13-37(14-12-36)29(39)40-30(2,3)4;2*1-29(2,3)40-28(39)37-12-10-36(11-13-37)26-20-8-7-19(30)15-21(20)22(14-18-6-5-9-33-24(18)26)25(34-27(31)38)23-16-32-17-35(23)4/h6-10,15-18,27-28H,11-14H2,1-5H3,(H,34,38);2*5-9,14-17,25-26H,10-13H2,1-4H3,(H3,31,34,38)/t27?,28-;2*25?,26-/m000/s1. The molecule has 0 radical (unpaired) electrons. The van der Waals surface area contributed by atoms with Crippen molar-refractivity contribution in [1.82, 2.24) is 89.0 Å². The fraction of sp³-hybridized carbons (Fsp3) is 0.386. The summed E-state index contributed by atoms with van der Waals surface area (Å²) >= 11 is 19.7. The number of amides is 8. The number of rotatable bonds is 12. The van der Waals surface area contributed by atoms with E-state index in [0.29, 0.717) is 93.6 Å². The molecular weight excluding hydrogens is 1590 g/mol.